The van der Waals surface area contributed by atoms with Gasteiger partial charge in [-0.15, -0.1) is 0 Å². The maximum Gasteiger partial charge on any atom is 0.123 e. The van der Waals surface area contributed by atoms with Crippen LogP contribution in [0.1, 0.15) is 58.6 Å². The molecule has 1 aromatic carbocycles. The number of benzene rings is 1. The molecule has 2 bridgehead atoms. The van der Waals surface area contributed by atoms with Crippen molar-refractivity contribution < 1.29 is 4.74 Å². The van der Waals surface area contributed by atoms with Crippen LogP contribution >= 0.6 is 0 Å². The lowest BCUT2D eigenvalue weighted by molar-refractivity contribution is 0.0999. The third-order valence-corrected chi connectivity index (χ3v) is 6.29. The van der Waals surface area contributed by atoms with Gasteiger partial charge in [-0.05, 0) is 49.0 Å². The zero-order valence-corrected chi connectivity index (χ0v) is 14.1. The van der Waals surface area contributed by atoms with Crippen molar-refractivity contribution in [1.29, 1.82) is 0 Å². The molecule has 2 saturated carbocycles. The van der Waals surface area contributed by atoms with Crippen LogP contribution in [0, 0.1) is 16.7 Å². The van der Waals surface area contributed by atoms with Gasteiger partial charge in [-0.1, -0.05) is 39.0 Å². The van der Waals surface area contributed by atoms with Crippen molar-refractivity contribution in [2.45, 2.75) is 59.0 Å². The first kappa shape index (κ1) is 14.9. The van der Waals surface area contributed by atoms with E-state index in [0.717, 1.165) is 11.7 Å². The lowest BCUT2D eigenvalue weighted by Gasteiger charge is -2.44. The Morgan fingerprint density at radius 2 is 1.95 bits per heavy atom. The molecule has 0 amide bonds. The quantitative estimate of drug-likeness (QED) is 0.876. The number of ether oxygens (including phenoxy) is 1. The summed E-state index contributed by atoms with van der Waals surface area (Å²) in [5.74, 6) is 1.87. The van der Waals surface area contributed by atoms with Gasteiger partial charge in [0.15, 0.2) is 0 Å². The van der Waals surface area contributed by atoms with Crippen molar-refractivity contribution in [2.75, 3.05) is 7.11 Å². The molecule has 0 aromatic heterocycles. The van der Waals surface area contributed by atoms with Gasteiger partial charge >= 0.3 is 0 Å². The molecule has 0 saturated heterocycles. The molecule has 0 heterocycles. The molecule has 116 valence electrons. The van der Waals surface area contributed by atoms with Crippen molar-refractivity contribution >= 4 is 0 Å². The lowest BCUT2D eigenvalue weighted by atomic mass is 9.68. The average molecular weight is 287 g/mol. The van der Waals surface area contributed by atoms with E-state index in [1.54, 1.807) is 7.11 Å². The maximum absolute atomic E-state index is 5.53. The van der Waals surface area contributed by atoms with E-state index in [1.165, 1.54) is 24.8 Å². The van der Waals surface area contributed by atoms with Gasteiger partial charge in [-0.25, -0.2) is 0 Å². The van der Waals surface area contributed by atoms with E-state index in [9.17, 15) is 0 Å². The van der Waals surface area contributed by atoms with E-state index in [-0.39, 0.29) is 0 Å². The van der Waals surface area contributed by atoms with E-state index in [1.807, 2.05) is 6.07 Å². The van der Waals surface area contributed by atoms with Crippen LogP contribution in [0.4, 0.5) is 0 Å². The second-order valence-corrected chi connectivity index (χ2v) is 7.98. The SMILES string of the molecule is COc1ccccc1[C@@H](C)NC1C2(C)CCC(C2)C1(C)C. The second kappa shape index (κ2) is 5.01. The van der Waals surface area contributed by atoms with Gasteiger partial charge in [0.1, 0.15) is 5.75 Å². The average Bonchev–Trinajstić information content (AvgIpc) is 2.94. The number of para-hydroxylation sites is 1. The normalized spacial score (nSPS) is 34.9. The summed E-state index contributed by atoms with van der Waals surface area (Å²) in [5, 5.41) is 3.95. The zero-order chi connectivity index (χ0) is 15.3. The summed E-state index contributed by atoms with van der Waals surface area (Å²) in [6, 6.07) is 9.28. The van der Waals surface area contributed by atoms with Gasteiger partial charge in [0, 0.05) is 17.6 Å². The molecule has 2 heteroatoms. The molecule has 0 radical (unpaired) electrons. The molecule has 1 aromatic rings. The Hall–Kier alpha value is -1.02. The van der Waals surface area contributed by atoms with Gasteiger partial charge in [0.05, 0.1) is 7.11 Å². The topological polar surface area (TPSA) is 21.3 Å². The molecular weight excluding hydrogens is 258 g/mol. The van der Waals surface area contributed by atoms with Gasteiger partial charge in [0.25, 0.3) is 0 Å². The lowest BCUT2D eigenvalue weighted by Crippen LogP contribution is -2.51. The summed E-state index contributed by atoms with van der Waals surface area (Å²) >= 11 is 0. The van der Waals surface area contributed by atoms with Crippen molar-refractivity contribution in [3.63, 3.8) is 0 Å². The number of rotatable bonds is 4. The van der Waals surface area contributed by atoms with Gasteiger partial charge < -0.3 is 10.1 Å². The molecular formula is C19H29NO. The number of fused-ring (bicyclic) bond motifs is 2. The number of nitrogens with one attached hydrogen (secondary N) is 1. The van der Waals surface area contributed by atoms with Crippen LogP contribution in [-0.2, 0) is 0 Å². The van der Waals surface area contributed by atoms with Crippen molar-refractivity contribution in [2.24, 2.45) is 16.7 Å². The fourth-order valence-corrected chi connectivity index (χ4v) is 5.08. The van der Waals surface area contributed by atoms with E-state index in [2.05, 4.69) is 51.2 Å². The number of hydrogen-bond donors (Lipinski definition) is 1. The highest BCUT2D eigenvalue weighted by molar-refractivity contribution is 5.35. The van der Waals surface area contributed by atoms with Crippen LogP contribution in [0.5, 0.6) is 5.75 Å². The van der Waals surface area contributed by atoms with Crippen LogP contribution in [0.25, 0.3) is 0 Å². The number of methoxy groups -OCH3 is 1. The molecule has 0 aliphatic heterocycles. The van der Waals surface area contributed by atoms with Crippen molar-refractivity contribution in [3.8, 4) is 5.75 Å². The smallest absolute Gasteiger partial charge is 0.123 e. The molecule has 1 N–H and O–H groups in total. The van der Waals surface area contributed by atoms with Crippen molar-refractivity contribution in [3.05, 3.63) is 29.8 Å². The summed E-state index contributed by atoms with van der Waals surface area (Å²) in [6.07, 6.45) is 4.17. The molecule has 2 aliphatic rings. The Labute approximate surface area is 129 Å². The molecule has 21 heavy (non-hydrogen) atoms. The van der Waals surface area contributed by atoms with Crippen LogP contribution in [0.2, 0.25) is 0 Å². The van der Waals surface area contributed by atoms with Crippen LogP contribution < -0.4 is 10.1 Å². The highest BCUT2D eigenvalue weighted by atomic mass is 16.5. The monoisotopic (exact) mass is 287 g/mol. The summed E-state index contributed by atoms with van der Waals surface area (Å²) in [5.41, 5.74) is 2.12. The zero-order valence-electron chi connectivity index (χ0n) is 14.1. The fourth-order valence-electron chi connectivity index (χ4n) is 5.08. The Morgan fingerprint density at radius 3 is 2.57 bits per heavy atom. The predicted octanol–water partition coefficient (Wildman–Crippen LogP) is 4.56. The Kier molecular flexibility index (Phi) is 3.56. The summed E-state index contributed by atoms with van der Waals surface area (Å²) < 4.78 is 5.53. The van der Waals surface area contributed by atoms with Gasteiger partial charge in [-0.2, -0.15) is 0 Å². The first-order chi connectivity index (χ1) is 9.88. The van der Waals surface area contributed by atoms with Crippen molar-refractivity contribution in [1.82, 2.24) is 5.32 Å². The molecule has 2 aliphatic carbocycles. The minimum Gasteiger partial charge on any atom is -0.496 e. The highest BCUT2D eigenvalue weighted by Crippen LogP contribution is 2.62. The van der Waals surface area contributed by atoms with Gasteiger partial charge in [0.2, 0.25) is 0 Å². The van der Waals surface area contributed by atoms with Gasteiger partial charge in [-0.3, -0.25) is 0 Å². The molecule has 3 unspecified atom stereocenters. The summed E-state index contributed by atoms with van der Waals surface area (Å²) in [6.45, 7) is 9.65. The third kappa shape index (κ3) is 2.28. The number of hydrogen-bond acceptors (Lipinski definition) is 2. The van der Waals surface area contributed by atoms with Crippen LogP contribution in [-0.4, -0.2) is 13.2 Å². The minimum atomic E-state index is 0.321. The van der Waals surface area contributed by atoms with Crippen LogP contribution in [0.3, 0.4) is 0 Å². The minimum absolute atomic E-state index is 0.321. The van der Waals surface area contributed by atoms with E-state index in [0.29, 0.717) is 22.9 Å². The van der Waals surface area contributed by atoms with E-state index >= 15 is 0 Å². The third-order valence-electron chi connectivity index (χ3n) is 6.29. The summed E-state index contributed by atoms with van der Waals surface area (Å²) in [4.78, 5) is 0. The van der Waals surface area contributed by atoms with Crippen LogP contribution in [0.15, 0.2) is 24.3 Å². The molecule has 0 spiro atoms. The standard InChI is InChI=1S/C19H29NO/c1-13(15-8-6-7-9-16(15)21-5)20-17-18(2,3)14-10-11-19(17,4)12-14/h6-9,13-14,17,20H,10-12H2,1-5H3/t13-,14?,17?,19?/m1/s1. The second-order valence-electron chi connectivity index (χ2n) is 7.98. The Bertz CT molecular complexity index is 519. The first-order valence-corrected chi connectivity index (χ1v) is 8.27. The molecule has 2 fully saturated rings. The largest absolute Gasteiger partial charge is 0.496 e. The first-order valence-electron chi connectivity index (χ1n) is 8.27. The summed E-state index contributed by atoms with van der Waals surface area (Å²) in [7, 11) is 1.76. The Balaban J connectivity index is 1.83. The maximum atomic E-state index is 5.53. The Morgan fingerprint density at radius 1 is 1.24 bits per heavy atom. The highest BCUT2D eigenvalue weighted by Gasteiger charge is 2.59. The fraction of sp³-hybridized carbons (Fsp3) is 0.684. The van der Waals surface area contributed by atoms with E-state index in [4.69, 9.17) is 4.74 Å². The molecule has 2 nitrogen and oxygen atoms in total. The van der Waals surface area contributed by atoms with E-state index < -0.39 is 0 Å². The molecule has 4 atom stereocenters. The molecule has 3 rings (SSSR count). The predicted molar refractivity (Wildman–Crippen MR) is 87.6 cm³/mol.